The Morgan fingerprint density at radius 1 is 1.50 bits per heavy atom. The zero-order valence-electron chi connectivity index (χ0n) is 9.97. The number of hydrogen-bond acceptors (Lipinski definition) is 2. The minimum Gasteiger partial charge on any atom is -0.281 e. The molecule has 0 radical (unpaired) electrons. The maximum absolute atomic E-state index is 13.4. The number of nitriles is 1. The summed E-state index contributed by atoms with van der Waals surface area (Å²) in [5, 5.41) is 11.3. The van der Waals surface area contributed by atoms with Crippen LogP contribution < -0.4 is 5.32 Å². The van der Waals surface area contributed by atoms with Crippen molar-refractivity contribution in [2.24, 2.45) is 4.99 Å². The van der Waals surface area contributed by atoms with Crippen LogP contribution in [-0.2, 0) is 0 Å². The van der Waals surface area contributed by atoms with Gasteiger partial charge in [-0.15, -0.1) is 0 Å². The van der Waals surface area contributed by atoms with E-state index in [0.29, 0.717) is 22.8 Å². The van der Waals surface area contributed by atoms with Crippen LogP contribution >= 0.6 is 23.2 Å². The fourth-order valence-corrected chi connectivity index (χ4v) is 1.98. The van der Waals surface area contributed by atoms with Gasteiger partial charge in [-0.1, -0.05) is 30.1 Å². The second-order valence-corrected chi connectivity index (χ2v) is 4.44. The Labute approximate surface area is 115 Å². The molecule has 0 aliphatic carbocycles. The molecule has 0 aromatic heterocycles. The van der Waals surface area contributed by atoms with Crippen LogP contribution in [0, 0.1) is 17.3 Å². The van der Waals surface area contributed by atoms with E-state index in [1.807, 2.05) is 6.92 Å². The summed E-state index contributed by atoms with van der Waals surface area (Å²) >= 11 is 11.6. The zero-order chi connectivity index (χ0) is 13.7. The molecule has 3 nitrogen and oxygen atoms in total. The Morgan fingerprint density at radius 2 is 2.17 bits per heavy atom. The van der Waals surface area contributed by atoms with Gasteiger partial charge in [0.05, 0.1) is 11.1 Å². The lowest BCUT2D eigenvalue weighted by atomic mass is 10.1. The summed E-state index contributed by atoms with van der Waals surface area (Å²) in [6.07, 6.45) is 2.38. The van der Waals surface area contributed by atoms with Gasteiger partial charge in [0.2, 0.25) is 0 Å². The van der Waals surface area contributed by atoms with E-state index in [9.17, 15) is 4.39 Å². The van der Waals surface area contributed by atoms with Crippen molar-refractivity contribution in [2.75, 3.05) is 0 Å². The van der Waals surface area contributed by atoms with E-state index in [0.717, 1.165) is 0 Å². The third kappa shape index (κ3) is 3.59. The van der Waals surface area contributed by atoms with Crippen LogP contribution in [0.4, 0.5) is 4.39 Å². The van der Waals surface area contributed by atoms with Crippen LogP contribution in [0.5, 0.6) is 0 Å². The summed E-state index contributed by atoms with van der Waals surface area (Å²) in [4.78, 5) is 4.28. The molecule has 0 heterocycles. The lowest BCUT2D eigenvalue weighted by Crippen LogP contribution is -2.17. The predicted molar refractivity (Wildman–Crippen MR) is 71.3 cm³/mol. The molecule has 1 unspecified atom stereocenters. The number of nitrogens with one attached hydrogen (secondary N) is 1. The smallest absolute Gasteiger partial charge is 0.182 e. The Balaban J connectivity index is 3.08. The van der Waals surface area contributed by atoms with Crippen LogP contribution in [0.25, 0.3) is 0 Å². The van der Waals surface area contributed by atoms with Crippen molar-refractivity contribution in [1.29, 1.82) is 5.26 Å². The highest BCUT2D eigenvalue weighted by atomic mass is 35.5. The minimum absolute atomic E-state index is 0.0224. The molecule has 96 valence electrons. The number of amidine groups is 1. The molecule has 0 saturated heterocycles. The maximum Gasteiger partial charge on any atom is 0.182 e. The van der Waals surface area contributed by atoms with E-state index in [2.05, 4.69) is 10.3 Å². The number of benzene rings is 1. The first-order chi connectivity index (χ1) is 8.49. The first-order valence-corrected chi connectivity index (χ1v) is 6.11. The molecule has 0 bridgehead atoms. The lowest BCUT2D eigenvalue weighted by molar-refractivity contribution is 0.623. The third-order valence-electron chi connectivity index (χ3n) is 2.37. The SMILES string of the molecule is CCC(=NC(C)c1cc(F)c(Cl)cc1Cl)NC#N. The topological polar surface area (TPSA) is 48.2 Å². The highest BCUT2D eigenvalue weighted by molar-refractivity contribution is 6.35. The van der Waals surface area contributed by atoms with Crippen LogP contribution in [0.3, 0.4) is 0 Å². The molecule has 1 rings (SSSR count). The first-order valence-electron chi connectivity index (χ1n) is 5.35. The molecule has 0 aliphatic rings. The number of halogens is 3. The zero-order valence-corrected chi connectivity index (χ0v) is 11.5. The summed E-state index contributed by atoms with van der Waals surface area (Å²) in [6.45, 7) is 3.63. The van der Waals surface area contributed by atoms with Gasteiger partial charge in [0, 0.05) is 11.4 Å². The third-order valence-corrected chi connectivity index (χ3v) is 2.99. The van der Waals surface area contributed by atoms with Crippen molar-refractivity contribution in [2.45, 2.75) is 26.3 Å². The van der Waals surface area contributed by atoms with Crippen molar-refractivity contribution in [3.63, 3.8) is 0 Å². The Hall–Kier alpha value is -1.31. The van der Waals surface area contributed by atoms with Gasteiger partial charge in [-0.05, 0) is 24.6 Å². The van der Waals surface area contributed by atoms with Crippen molar-refractivity contribution in [3.05, 3.63) is 33.6 Å². The normalized spacial score (nSPS) is 13.0. The molecule has 6 heteroatoms. The molecular formula is C12H12Cl2FN3. The van der Waals surface area contributed by atoms with E-state index in [-0.39, 0.29) is 11.1 Å². The second-order valence-electron chi connectivity index (χ2n) is 3.63. The maximum atomic E-state index is 13.4. The van der Waals surface area contributed by atoms with Gasteiger partial charge in [-0.25, -0.2) is 4.39 Å². The molecule has 1 aromatic carbocycles. The average molecular weight is 288 g/mol. The number of rotatable bonds is 3. The monoisotopic (exact) mass is 287 g/mol. The number of hydrogen-bond donors (Lipinski definition) is 1. The predicted octanol–water partition coefficient (Wildman–Crippen LogP) is 4.07. The van der Waals surface area contributed by atoms with E-state index >= 15 is 0 Å². The molecule has 1 aromatic rings. The molecule has 1 atom stereocenters. The van der Waals surface area contributed by atoms with Gasteiger partial charge in [0.1, 0.15) is 11.7 Å². The molecular weight excluding hydrogens is 276 g/mol. The van der Waals surface area contributed by atoms with Crippen molar-refractivity contribution < 1.29 is 4.39 Å². The number of aliphatic imine (C=N–C) groups is 1. The Bertz CT molecular complexity index is 509. The summed E-state index contributed by atoms with van der Waals surface area (Å²) in [6, 6.07) is 2.25. The van der Waals surface area contributed by atoms with Crippen LogP contribution in [0.15, 0.2) is 17.1 Å². The van der Waals surface area contributed by atoms with Crippen molar-refractivity contribution >= 4 is 29.0 Å². The van der Waals surface area contributed by atoms with Crippen LogP contribution in [-0.4, -0.2) is 5.84 Å². The second kappa shape index (κ2) is 6.58. The molecule has 0 amide bonds. The van der Waals surface area contributed by atoms with Crippen LogP contribution in [0.1, 0.15) is 31.9 Å². The van der Waals surface area contributed by atoms with Gasteiger partial charge in [0.15, 0.2) is 6.19 Å². The fraction of sp³-hybridized carbons (Fsp3) is 0.333. The highest BCUT2D eigenvalue weighted by Gasteiger charge is 2.13. The summed E-state index contributed by atoms with van der Waals surface area (Å²) in [5.74, 6) is -0.0131. The van der Waals surface area contributed by atoms with Crippen LogP contribution in [0.2, 0.25) is 10.0 Å². The average Bonchev–Trinajstić information content (AvgIpc) is 2.33. The van der Waals surface area contributed by atoms with E-state index in [1.54, 1.807) is 13.1 Å². The van der Waals surface area contributed by atoms with Gasteiger partial charge in [-0.2, -0.15) is 5.26 Å². The van der Waals surface area contributed by atoms with Gasteiger partial charge >= 0.3 is 0 Å². The van der Waals surface area contributed by atoms with E-state index in [1.165, 1.54) is 12.1 Å². The highest BCUT2D eigenvalue weighted by Crippen LogP contribution is 2.30. The lowest BCUT2D eigenvalue weighted by Gasteiger charge is -2.12. The van der Waals surface area contributed by atoms with Gasteiger partial charge in [0.25, 0.3) is 0 Å². The quantitative estimate of drug-likeness (QED) is 0.299. The summed E-state index contributed by atoms with van der Waals surface area (Å²) in [7, 11) is 0. The molecule has 18 heavy (non-hydrogen) atoms. The molecule has 0 spiro atoms. The minimum atomic E-state index is -0.538. The van der Waals surface area contributed by atoms with Crippen molar-refractivity contribution in [3.8, 4) is 6.19 Å². The Kier molecular flexibility index (Phi) is 5.39. The van der Waals surface area contributed by atoms with Crippen molar-refractivity contribution in [1.82, 2.24) is 5.32 Å². The van der Waals surface area contributed by atoms with Gasteiger partial charge < -0.3 is 0 Å². The van der Waals surface area contributed by atoms with E-state index in [4.69, 9.17) is 28.5 Å². The largest absolute Gasteiger partial charge is 0.281 e. The standard InChI is InChI=1S/C12H12Cl2FN3/c1-3-12(17-6-16)18-7(2)8-4-11(15)10(14)5-9(8)13/h4-5,7H,3H2,1-2H3,(H,17,18). The fourth-order valence-electron chi connectivity index (χ4n) is 1.44. The summed E-state index contributed by atoms with van der Waals surface area (Å²) < 4.78 is 13.4. The molecule has 1 N–H and O–H groups in total. The molecule has 0 aliphatic heterocycles. The molecule has 0 saturated carbocycles. The Morgan fingerprint density at radius 3 is 2.72 bits per heavy atom. The summed E-state index contributed by atoms with van der Waals surface area (Å²) in [5.41, 5.74) is 0.532. The van der Waals surface area contributed by atoms with Gasteiger partial charge in [-0.3, -0.25) is 10.3 Å². The van der Waals surface area contributed by atoms with E-state index < -0.39 is 5.82 Å². The first kappa shape index (κ1) is 14.7. The molecule has 0 fully saturated rings. The number of nitrogens with zero attached hydrogens (tertiary/aromatic N) is 2.